The van der Waals surface area contributed by atoms with Crippen molar-refractivity contribution in [3.63, 3.8) is 0 Å². The molecule has 1 aromatic carbocycles. The topological polar surface area (TPSA) is 37.4 Å². The van der Waals surface area contributed by atoms with Crippen LogP contribution in [-0.2, 0) is 4.79 Å². The lowest BCUT2D eigenvalue weighted by molar-refractivity contribution is -0.121. The predicted molar refractivity (Wildman–Crippen MR) is 93.3 cm³/mol. The molecule has 2 fully saturated rings. The van der Waals surface area contributed by atoms with Crippen LogP contribution in [0.2, 0.25) is 0 Å². The standard InChI is InChI=1S/C16H17BrINO2/c17-10-6-7-13(18)12(9-10)16(21)19-8-2-4-14(19)11-3-1-5-15(11)20/h6-7,9,11,14H,1-5,8H2. The molecule has 1 aromatic rings. The third-order valence-electron chi connectivity index (χ3n) is 4.54. The molecule has 1 aliphatic heterocycles. The highest BCUT2D eigenvalue weighted by molar-refractivity contribution is 14.1. The van der Waals surface area contributed by atoms with E-state index in [1.54, 1.807) is 0 Å². The summed E-state index contributed by atoms with van der Waals surface area (Å²) in [5, 5.41) is 0. The average molecular weight is 462 g/mol. The van der Waals surface area contributed by atoms with Gasteiger partial charge in [-0.15, -0.1) is 0 Å². The molecule has 1 aliphatic carbocycles. The lowest BCUT2D eigenvalue weighted by Gasteiger charge is -2.29. The van der Waals surface area contributed by atoms with Crippen molar-refractivity contribution < 1.29 is 9.59 Å². The molecule has 5 heteroatoms. The molecule has 2 unspecified atom stereocenters. The Morgan fingerprint density at radius 3 is 2.81 bits per heavy atom. The number of amides is 1. The predicted octanol–water partition coefficient (Wildman–Crippen LogP) is 4.03. The lowest BCUT2D eigenvalue weighted by Crippen LogP contribution is -2.41. The van der Waals surface area contributed by atoms with Crippen molar-refractivity contribution in [3.05, 3.63) is 31.8 Å². The summed E-state index contributed by atoms with van der Waals surface area (Å²) in [4.78, 5) is 26.9. The summed E-state index contributed by atoms with van der Waals surface area (Å²) in [7, 11) is 0. The number of carbonyl (C=O) groups excluding carboxylic acids is 2. The zero-order valence-electron chi connectivity index (χ0n) is 11.6. The minimum atomic E-state index is 0.0706. The Bertz CT molecular complexity index is 590. The summed E-state index contributed by atoms with van der Waals surface area (Å²) in [5.41, 5.74) is 0.738. The Balaban J connectivity index is 1.86. The van der Waals surface area contributed by atoms with Crippen LogP contribution >= 0.6 is 38.5 Å². The molecule has 0 radical (unpaired) electrons. The van der Waals surface area contributed by atoms with E-state index < -0.39 is 0 Å². The third kappa shape index (κ3) is 3.04. The van der Waals surface area contributed by atoms with Crippen LogP contribution in [0.15, 0.2) is 22.7 Å². The van der Waals surface area contributed by atoms with E-state index in [2.05, 4.69) is 38.5 Å². The van der Waals surface area contributed by atoms with Gasteiger partial charge in [0.2, 0.25) is 0 Å². The van der Waals surface area contributed by atoms with E-state index in [4.69, 9.17) is 0 Å². The molecule has 1 saturated carbocycles. The molecule has 3 rings (SSSR count). The van der Waals surface area contributed by atoms with Crippen LogP contribution in [0, 0.1) is 9.49 Å². The summed E-state index contributed by atoms with van der Waals surface area (Å²) in [5.74, 6) is 0.493. The molecule has 0 N–H and O–H groups in total. The molecule has 0 bridgehead atoms. The molecular formula is C16H17BrINO2. The number of likely N-dealkylation sites (tertiary alicyclic amines) is 1. The van der Waals surface area contributed by atoms with Crippen LogP contribution in [0.3, 0.4) is 0 Å². The van der Waals surface area contributed by atoms with Gasteiger partial charge in [0.15, 0.2) is 0 Å². The first-order chi connectivity index (χ1) is 10.1. The van der Waals surface area contributed by atoms with Gasteiger partial charge in [-0.2, -0.15) is 0 Å². The number of carbonyl (C=O) groups is 2. The number of hydrogen-bond acceptors (Lipinski definition) is 2. The highest BCUT2D eigenvalue weighted by atomic mass is 127. The van der Waals surface area contributed by atoms with Crippen LogP contribution in [-0.4, -0.2) is 29.2 Å². The van der Waals surface area contributed by atoms with Crippen LogP contribution in [0.25, 0.3) is 0 Å². The van der Waals surface area contributed by atoms with Gasteiger partial charge in [0, 0.05) is 33.0 Å². The first kappa shape index (κ1) is 15.5. The Kier molecular flexibility index (Phi) is 4.69. The number of halogens is 2. The molecule has 1 saturated heterocycles. The smallest absolute Gasteiger partial charge is 0.255 e. The minimum Gasteiger partial charge on any atom is -0.335 e. The molecule has 112 valence electrons. The summed E-state index contributed by atoms with van der Waals surface area (Å²) < 4.78 is 1.88. The number of benzene rings is 1. The fourth-order valence-corrected chi connectivity index (χ4v) is 4.46. The van der Waals surface area contributed by atoms with Crippen LogP contribution in [0.5, 0.6) is 0 Å². The number of hydrogen-bond donors (Lipinski definition) is 0. The minimum absolute atomic E-state index is 0.0706. The molecule has 0 spiro atoms. The number of Topliss-reactive ketones (excluding diaryl/α,β-unsaturated/α-hetero) is 1. The molecule has 1 amide bonds. The summed E-state index contributed by atoms with van der Waals surface area (Å²) in [6.45, 7) is 0.774. The number of nitrogens with zero attached hydrogens (tertiary/aromatic N) is 1. The maximum absolute atomic E-state index is 12.9. The Labute approximate surface area is 146 Å². The van der Waals surface area contributed by atoms with Crippen molar-refractivity contribution in [2.45, 2.75) is 38.1 Å². The first-order valence-corrected chi connectivity index (χ1v) is 9.24. The van der Waals surface area contributed by atoms with Gasteiger partial charge in [0.1, 0.15) is 5.78 Å². The second-order valence-corrected chi connectivity index (χ2v) is 7.88. The van der Waals surface area contributed by atoms with E-state index in [9.17, 15) is 9.59 Å². The van der Waals surface area contributed by atoms with E-state index in [-0.39, 0.29) is 17.9 Å². The zero-order chi connectivity index (χ0) is 15.0. The van der Waals surface area contributed by atoms with Crippen molar-refractivity contribution in [2.24, 2.45) is 5.92 Å². The normalized spacial score (nSPS) is 25.6. The van der Waals surface area contributed by atoms with Gasteiger partial charge < -0.3 is 4.90 Å². The van der Waals surface area contributed by atoms with Crippen molar-refractivity contribution in [1.82, 2.24) is 4.90 Å². The molecule has 2 atom stereocenters. The summed E-state index contributed by atoms with van der Waals surface area (Å²) >= 11 is 5.64. The number of ketones is 1. The van der Waals surface area contributed by atoms with Gasteiger partial charge in [-0.1, -0.05) is 15.9 Å². The van der Waals surface area contributed by atoms with Gasteiger partial charge in [0.05, 0.1) is 5.56 Å². The Morgan fingerprint density at radius 2 is 2.10 bits per heavy atom. The van der Waals surface area contributed by atoms with Crippen LogP contribution < -0.4 is 0 Å². The van der Waals surface area contributed by atoms with Crippen molar-refractivity contribution in [2.75, 3.05) is 6.54 Å². The third-order valence-corrected chi connectivity index (χ3v) is 5.97. The molecule has 2 aliphatic rings. The second-order valence-electron chi connectivity index (χ2n) is 5.80. The van der Waals surface area contributed by atoms with Crippen LogP contribution in [0.4, 0.5) is 0 Å². The van der Waals surface area contributed by atoms with Crippen molar-refractivity contribution in [3.8, 4) is 0 Å². The highest BCUT2D eigenvalue weighted by Gasteiger charge is 2.40. The van der Waals surface area contributed by atoms with E-state index >= 15 is 0 Å². The fourth-order valence-electron chi connectivity index (χ4n) is 3.53. The van der Waals surface area contributed by atoms with Gasteiger partial charge >= 0.3 is 0 Å². The molecule has 3 nitrogen and oxygen atoms in total. The van der Waals surface area contributed by atoms with Gasteiger partial charge in [-0.25, -0.2) is 0 Å². The van der Waals surface area contributed by atoms with Crippen molar-refractivity contribution >= 4 is 50.2 Å². The quantitative estimate of drug-likeness (QED) is 0.623. The largest absolute Gasteiger partial charge is 0.335 e. The SMILES string of the molecule is O=C1CCCC1C1CCCN1C(=O)c1cc(Br)ccc1I. The maximum Gasteiger partial charge on any atom is 0.255 e. The molecular weight excluding hydrogens is 445 g/mol. The molecule has 21 heavy (non-hydrogen) atoms. The van der Waals surface area contributed by atoms with Gasteiger partial charge in [0.25, 0.3) is 5.91 Å². The monoisotopic (exact) mass is 461 g/mol. The Hall–Kier alpha value is -0.430. The summed E-state index contributed by atoms with van der Waals surface area (Å²) in [6, 6.07) is 5.89. The van der Waals surface area contributed by atoms with Crippen molar-refractivity contribution in [1.29, 1.82) is 0 Å². The van der Waals surface area contributed by atoms with E-state index in [0.29, 0.717) is 12.2 Å². The molecule has 1 heterocycles. The average Bonchev–Trinajstić information content (AvgIpc) is 3.08. The Morgan fingerprint density at radius 1 is 1.29 bits per heavy atom. The molecule has 0 aromatic heterocycles. The van der Waals surface area contributed by atoms with E-state index in [1.807, 2.05) is 23.1 Å². The fraction of sp³-hybridized carbons (Fsp3) is 0.500. The highest BCUT2D eigenvalue weighted by Crippen LogP contribution is 2.34. The van der Waals surface area contributed by atoms with Gasteiger partial charge in [-0.3, -0.25) is 9.59 Å². The zero-order valence-corrected chi connectivity index (χ0v) is 15.4. The summed E-state index contributed by atoms with van der Waals surface area (Å²) in [6.07, 6.45) is 4.59. The van der Waals surface area contributed by atoms with Gasteiger partial charge in [-0.05, 0) is 66.5 Å². The van der Waals surface area contributed by atoms with Crippen LogP contribution in [0.1, 0.15) is 42.5 Å². The maximum atomic E-state index is 12.9. The number of rotatable bonds is 2. The lowest BCUT2D eigenvalue weighted by atomic mass is 9.94. The van der Waals surface area contributed by atoms with E-state index in [1.165, 1.54) is 0 Å². The van der Waals surface area contributed by atoms with E-state index in [0.717, 1.165) is 45.8 Å². The first-order valence-electron chi connectivity index (χ1n) is 7.36. The second kappa shape index (κ2) is 6.36.